The summed E-state index contributed by atoms with van der Waals surface area (Å²) < 4.78 is 0. The summed E-state index contributed by atoms with van der Waals surface area (Å²) in [7, 11) is 0. The Hall–Kier alpha value is -0.610. The first-order valence-corrected chi connectivity index (χ1v) is 5.83. The Kier molecular flexibility index (Phi) is 2.98. The number of rotatable bonds is 3. The highest BCUT2D eigenvalue weighted by Gasteiger charge is 2.34. The standard InChI is InChI=1S/C11H20N2O2/c12-8-11(15)3-5-13(6-4-11)10(14)7-9-1-2-9/h9,15H,1-8,12H2. The Labute approximate surface area is 90.4 Å². The van der Waals surface area contributed by atoms with Crippen LogP contribution in [-0.4, -0.2) is 41.1 Å². The third kappa shape index (κ3) is 2.69. The second-order valence-corrected chi connectivity index (χ2v) is 4.96. The maximum Gasteiger partial charge on any atom is 0.222 e. The highest BCUT2D eigenvalue weighted by atomic mass is 16.3. The van der Waals surface area contributed by atoms with Crippen LogP contribution in [0.1, 0.15) is 32.1 Å². The summed E-state index contributed by atoms with van der Waals surface area (Å²) in [4.78, 5) is 13.6. The van der Waals surface area contributed by atoms with E-state index in [4.69, 9.17) is 5.73 Å². The first kappa shape index (κ1) is 10.9. The van der Waals surface area contributed by atoms with Gasteiger partial charge in [-0.1, -0.05) is 0 Å². The largest absolute Gasteiger partial charge is 0.388 e. The molecule has 1 saturated carbocycles. The molecule has 0 unspecified atom stereocenters. The summed E-state index contributed by atoms with van der Waals surface area (Å²) >= 11 is 0. The normalized spacial score (nSPS) is 25.3. The van der Waals surface area contributed by atoms with Gasteiger partial charge in [0.15, 0.2) is 0 Å². The maximum atomic E-state index is 11.8. The third-order valence-electron chi connectivity index (χ3n) is 3.59. The number of nitrogens with zero attached hydrogens (tertiary/aromatic N) is 1. The predicted octanol–water partition coefficient (Wildman–Crippen LogP) is 0.0987. The fourth-order valence-corrected chi connectivity index (χ4v) is 2.07. The Balaban J connectivity index is 1.79. The molecule has 0 radical (unpaired) electrons. The minimum atomic E-state index is -0.726. The highest BCUT2D eigenvalue weighted by molar-refractivity contribution is 5.76. The van der Waals surface area contributed by atoms with Gasteiger partial charge >= 0.3 is 0 Å². The SMILES string of the molecule is NCC1(O)CCN(C(=O)CC2CC2)CC1. The first-order valence-electron chi connectivity index (χ1n) is 5.83. The molecule has 2 aliphatic rings. The summed E-state index contributed by atoms with van der Waals surface area (Å²) in [5, 5.41) is 9.91. The van der Waals surface area contributed by atoms with Crippen molar-refractivity contribution < 1.29 is 9.90 Å². The molecule has 15 heavy (non-hydrogen) atoms. The van der Waals surface area contributed by atoms with E-state index >= 15 is 0 Å². The molecule has 4 nitrogen and oxygen atoms in total. The fourth-order valence-electron chi connectivity index (χ4n) is 2.07. The topological polar surface area (TPSA) is 66.6 Å². The number of amides is 1. The lowest BCUT2D eigenvalue weighted by Gasteiger charge is -2.37. The van der Waals surface area contributed by atoms with Crippen LogP contribution in [0.2, 0.25) is 0 Å². The molecule has 0 spiro atoms. The van der Waals surface area contributed by atoms with Crippen molar-refractivity contribution in [3.05, 3.63) is 0 Å². The van der Waals surface area contributed by atoms with Crippen LogP contribution >= 0.6 is 0 Å². The minimum Gasteiger partial charge on any atom is -0.388 e. The quantitative estimate of drug-likeness (QED) is 0.697. The van der Waals surface area contributed by atoms with E-state index in [-0.39, 0.29) is 5.91 Å². The number of hydrogen-bond acceptors (Lipinski definition) is 3. The number of likely N-dealkylation sites (tertiary alicyclic amines) is 1. The van der Waals surface area contributed by atoms with Gasteiger partial charge in [-0.05, 0) is 31.6 Å². The first-order chi connectivity index (χ1) is 7.13. The van der Waals surface area contributed by atoms with Crippen molar-refractivity contribution in [3.8, 4) is 0 Å². The lowest BCUT2D eigenvalue weighted by atomic mass is 9.91. The Morgan fingerprint density at radius 3 is 2.47 bits per heavy atom. The summed E-state index contributed by atoms with van der Waals surface area (Å²) in [5.74, 6) is 0.907. The zero-order valence-electron chi connectivity index (χ0n) is 9.11. The number of piperidine rings is 1. The molecule has 1 heterocycles. The van der Waals surface area contributed by atoms with Crippen LogP contribution in [0.25, 0.3) is 0 Å². The van der Waals surface area contributed by atoms with Crippen molar-refractivity contribution in [2.45, 2.75) is 37.7 Å². The van der Waals surface area contributed by atoms with E-state index in [9.17, 15) is 9.90 Å². The summed E-state index contributed by atoms with van der Waals surface area (Å²) in [5.41, 5.74) is 4.77. The Bertz CT molecular complexity index is 243. The number of nitrogens with two attached hydrogens (primary N) is 1. The molecule has 3 N–H and O–H groups in total. The van der Waals surface area contributed by atoms with E-state index in [1.807, 2.05) is 4.90 Å². The molecule has 1 saturated heterocycles. The summed E-state index contributed by atoms with van der Waals surface area (Å²) in [6, 6.07) is 0. The van der Waals surface area contributed by atoms with Gasteiger partial charge in [-0.3, -0.25) is 4.79 Å². The average molecular weight is 212 g/mol. The smallest absolute Gasteiger partial charge is 0.222 e. The molecule has 0 aromatic heterocycles. The molecule has 0 bridgehead atoms. The van der Waals surface area contributed by atoms with Crippen LogP contribution in [0, 0.1) is 5.92 Å². The van der Waals surface area contributed by atoms with Crippen LogP contribution < -0.4 is 5.73 Å². The maximum absolute atomic E-state index is 11.8. The molecule has 1 amide bonds. The summed E-state index contributed by atoms with van der Waals surface area (Å²) in [6.45, 7) is 1.64. The van der Waals surface area contributed by atoms with Crippen LogP contribution in [-0.2, 0) is 4.79 Å². The van der Waals surface area contributed by atoms with Crippen LogP contribution in [0.3, 0.4) is 0 Å². The van der Waals surface area contributed by atoms with Crippen LogP contribution in [0.15, 0.2) is 0 Å². The monoisotopic (exact) mass is 212 g/mol. The zero-order chi connectivity index (χ0) is 10.9. The van der Waals surface area contributed by atoms with Crippen LogP contribution in [0.5, 0.6) is 0 Å². The lowest BCUT2D eigenvalue weighted by Crippen LogP contribution is -2.50. The second-order valence-electron chi connectivity index (χ2n) is 4.96. The Morgan fingerprint density at radius 2 is 2.00 bits per heavy atom. The number of hydrogen-bond donors (Lipinski definition) is 2. The van der Waals surface area contributed by atoms with E-state index < -0.39 is 5.60 Å². The van der Waals surface area contributed by atoms with Gasteiger partial charge in [0.2, 0.25) is 5.91 Å². The van der Waals surface area contributed by atoms with Crippen molar-refractivity contribution in [2.24, 2.45) is 11.7 Å². The molecule has 1 aliphatic carbocycles. The zero-order valence-corrected chi connectivity index (χ0v) is 9.11. The van der Waals surface area contributed by atoms with Crippen LogP contribution in [0.4, 0.5) is 0 Å². The van der Waals surface area contributed by atoms with Crippen molar-refractivity contribution in [2.75, 3.05) is 19.6 Å². The average Bonchev–Trinajstić information content (AvgIpc) is 3.03. The molecule has 2 rings (SSSR count). The van der Waals surface area contributed by atoms with Crippen molar-refractivity contribution >= 4 is 5.91 Å². The molecule has 0 atom stereocenters. The number of carbonyl (C=O) groups is 1. The van der Waals surface area contributed by atoms with Gasteiger partial charge in [0.1, 0.15) is 0 Å². The van der Waals surface area contributed by atoms with Gasteiger partial charge in [-0.2, -0.15) is 0 Å². The van der Waals surface area contributed by atoms with Gasteiger partial charge in [-0.15, -0.1) is 0 Å². The molecular formula is C11H20N2O2. The Morgan fingerprint density at radius 1 is 1.40 bits per heavy atom. The molecule has 1 aliphatic heterocycles. The van der Waals surface area contributed by atoms with E-state index in [1.54, 1.807) is 0 Å². The van der Waals surface area contributed by atoms with E-state index in [0.29, 0.717) is 44.8 Å². The number of carbonyl (C=O) groups excluding carboxylic acids is 1. The predicted molar refractivity (Wildman–Crippen MR) is 57.2 cm³/mol. The van der Waals surface area contributed by atoms with E-state index in [1.165, 1.54) is 12.8 Å². The third-order valence-corrected chi connectivity index (χ3v) is 3.59. The highest BCUT2D eigenvalue weighted by Crippen LogP contribution is 2.33. The van der Waals surface area contributed by atoms with Crippen molar-refractivity contribution in [1.82, 2.24) is 4.90 Å². The van der Waals surface area contributed by atoms with Gasteiger partial charge in [0.05, 0.1) is 5.60 Å². The molecule has 86 valence electrons. The lowest BCUT2D eigenvalue weighted by molar-refractivity contribution is -0.135. The van der Waals surface area contributed by atoms with Gasteiger partial charge < -0.3 is 15.7 Å². The van der Waals surface area contributed by atoms with E-state index in [2.05, 4.69) is 0 Å². The molecular weight excluding hydrogens is 192 g/mol. The molecule has 4 heteroatoms. The minimum absolute atomic E-state index is 0.261. The summed E-state index contributed by atoms with van der Waals surface area (Å²) in [6.07, 6.45) is 4.39. The van der Waals surface area contributed by atoms with Crippen molar-refractivity contribution in [3.63, 3.8) is 0 Å². The molecule has 0 aromatic carbocycles. The van der Waals surface area contributed by atoms with Crippen molar-refractivity contribution in [1.29, 1.82) is 0 Å². The van der Waals surface area contributed by atoms with Gasteiger partial charge in [0, 0.05) is 26.1 Å². The number of aliphatic hydroxyl groups is 1. The molecule has 2 fully saturated rings. The molecule has 0 aromatic rings. The second kappa shape index (κ2) is 4.10. The van der Waals surface area contributed by atoms with Gasteiger partial charge in [-0.25, -0.2) is 0 Å². The fraction of sp³-hybridized carbons (Fsp3) is 0.909. The van der Waals surface area contributed by atoms with Gasteiger partial charge in [0.25, 0.3) is 0 Å². The van der Waals surface area contributed by atoms with E-state index in [0.717, 1.165) is 0 Å².